The molecule has 4 fully saturated rings. The number of nitrogens with one attached hydrogen (secondary N) is 1. The summed E-state index contributed by atoms with van der Waals surface area (Å²) in [4.78, 5) is 14.3. The number of hydrogen-bond donors (Lipinski definition) is 1. The summed E-state index contributed by atoms with van der Waals surface area (Å²) in [5, 5.41) is 0. The summed E-state index contributed by atoms with van der Waals surface area (Å²) in [5.41, 5.74) is 0. The van der Waals surface area contributed by atoms with E-state index in [2.05, 4.69) is 9.62 Å². The lowest BCUT2D eigenvalue weighted by atomic mass is 9.84. The smallest absolute Gasteiger partial charge is 0.320 e. The van der Waals surface area contributed by atoms with Gasteiger partial charge in [-0.2, -0.15) is 11.8 Å². The van der Waals surface area contributed by atoms with Crippen molar-refractivity contribution in [2.75, 3.05) is 37.7 Å². The number of rotatable bonds is 3. The molecule has 1 spiro atoms. The maximum atomic E-state index is 12.3. The van der Waals surface area contributed by atoms with E-state index in [1.807, 2.05) is 11.8 Å². The molecule has 23 heavy (non-hydrogen) atoms. The van der Waals surface area contributed by atoms with Gasteiger partial charge < -0.3 is 4.74 Å². The molecule has 4 atom stereocenters. The molecule has 4 unspecified atom stereocenters. The van der Waals surface area contributed by atoms with Gasteiger partial charge in [0.2, 0.25) is 10.0 Å². The fourth-order valence-electron chi connectivity index (χ4n) is 4.94. The van der Waals surface area contributed by atoms with Crippen molar-refractivity contribution >= 4 is 27.8 Å². The van der Waals surface area contributed by atoms with Gasteiger partial charge in [0, 0.05) is 31.1 Å². The second kappa shape index (κ2) is 5.89. The predicted octanol–water partition coefficient (Wildman–Crippen LogP) is 0.439. The van der Waals surface area contributed by atoms with Crippen molar-refractivity contribution in [2.24, 2.45) is 11.8 Å². The summed E-state index contributed by atoms with van der Waals surface area (Å²) >= 11 is 1.92. The minimum atomic E-state index is -3.19. The summed E-state index contributed by atoms with van der Waals surface area (Å²) in [5.74, 6) is 2.38. The van der Waals surface area contributed by atoms with Crippen LogP contribution in [0.5, 0.6) is 0 Å². The Bertz CT molecular complexity index is 590. The summed E-state index contributed by atoms with van der Waals surface area (Å²) in [7, 11) is -3.19. The number of sulfonamides is 1. The lowest BCUT2D eigenvalue weighted by Crippen LogP contribution is -2.46. The van der Waals surface area contributed by atoms with Crippen molar-refractivity contribution in [3.8, 4) is 0 Å². The van der Waals surface area contributed by atoms with E-state index in [9.17, 15) is 13.2 Å². The zero-order valence-electron chi connectivity index (χ0n) is 13.2. The highest BCUT2D eigenvalue weighted by Crippen LogP contribution is 2.57. The Morgan fingerprint density at radius 2 is 2.09 bits per heavy atom. The molecule has 0 aromatic carbocycles. The van der Waals surface area contributed by atoms with Crippen molar-refractivity contribution in [3.63, 3.8) is 0 Å². The van der Waals surface area contributed by atoms with Crippen LogP contribution >= 0.6 is 11.8 Å². The first-order valence-electron chi connectivity index (χ1n) is 8.49. The monoisotopic (exact) mass is 360 g/mol. The second-order valence-electron chi connectivity index (χ2n) is 7.26. The van der Waals surface area contributed by atoms with Crippen LogP contribution in [0.15, 0.2) is 0 Å². The number of thioether (sulfide) groups is 1. The molecular weight excluding hydrogens is 336 g/mol. The van der Waals surface area contributed by atoms with Crippen LogP contribution in [0.2, 0.25) is 0 Å². The Morgan fingerprint density at radius 3 is 2.70 bits per heavy atom. The molecule has 2 bridgehead atoms. The van der Waals surface area contributed by atoms with Gasteiger partial charge in [0.05, 0.1) is 11.3 Å². The van der Waals surface area contributed by atoms with E-state index in [1.54, 1.807) is 0 Å². The van der Waals surface area contributed by atoms with Crippen molar-refractivity contribution in [1.29, 1.82) is 0 Å². The highest BCUT2D eigenvalue weighted by atomic mass is 32.2. The highest BCUT2D eigenvalue weighted by Gasteiger charge is 2.64. The van der Waals surface area contributed by atoms with Crippen LogP contribution in [0.1, 0.15) is 25.7 Å². The zero-order chi connectivity index (χ0) is 16.1. The third-order valence-electron chi connectivity index (χ3n) is 6.10. The molecular formula is C15H24N2O4S2. The van der Waals surface area contributed by atoms with Gasteiger partial charge in [-0.05, 0) is 37.5 Å². The van der Waals surface area contributed by atoms with Crippen molar-refractivity contribution < 1.29 is 17.9 Å². The molecule has 2 heterocycles. The van der Waals surface area contributed by atoms with Crippen LogP contribution in [0.3, 0.4) is 0 Å². The molecule has 0 aromatic rings. The van der Waals surface area contributed by atoms with Crippen LogP contribution < -0.4 is 4.72 Å². The fraction of sp³-hybridized carbons (Fsp3) is 0.933. The Hall–Kier alpha value is -0.310. The molecule has 4 rings (SSSR count). The average Bonchev–Trinajstić information content (AvgIpc) is 3.14. The SMILES string of the molecule is O=C(CN1CCSCC1)OC1CC2CC1CC21CCNS1(=O)=O. The number of ether oxygens (including phenoxy) is 1. The third kappa shape index (κ3) is 2.71. The number of hydrogen-bond acceptors (Lipinski definition) is 6. The minimum absolute atomic E-state index is 0.0758. The van der Waals surface area contributed by atoms with Gasteiger partial charge in [0.25, 0.3) is 0 Å². The summed E-state index contributed by atoms with van der Waals surface area (Å²) < 4.78 is 32.5. The molecule has 0 aromatic heterocycles. The summed E-state index contributed by atoms with van der Waals surface area (Å²) in [6.07, 6.45) is 2.90. The van der Waals surface area contributed by atoms with Gasteiger partial charge in [-0.15, -0.1) is 0 Å². The van der Waals surface area contributed by atoms with Gasteiger partial charge in [-0.3, -0.25) is 9.69 Å². The normalized spacial score (nSPS) is 42.3. The lowest BCUT2D eigenvalue weighted by molar-refractivity contribution is -0.153. The van der Waals surface area contributed by atoms with Gasteiger partial charge in [-0.25, -0.2) is 13.1 Å². The molecule has 6 nitrogen and oxygen atoms in total. The van der Waals surface area contributed by atoms with Gasteiger partial charge >= 0.3 is 5.97 Å². The Morgan fingerprint density at radius 1 is 1.30 bits per heavy atom. The van der Waals surface area contributed by atoms with Crippen LogP contribution in [-0.4, -0.2) is 67.8 Å². The molecule has 8 heteroatoms. The number of fused-ring (bicyclic) bond motifs is 3. The largest absolute Gasteiger partial charge is 0.461 e. The minimum Gasteiger partial charge on any atom is -0.461 e. The second-order valence-corrected chi connectivity index (χ2v) is 10.6. The number of nitrogens with zero attached hydrogens (tertiary/aromatic N) is 1. The quantitative estimate of drug-likeness (QED) is 0.736. The first-order valence-corrected chi connectivity index (χ1v) is 11.1. The first-order chi connectivity index (χ1) is 11.0. The number of carbonyl (C=O) groups excluding carboxylic acids is 1. The van der Waals surface area contributed by atoms with Crippen molar-refractivity contribution in [1.82, 2.24) is 9.62 Å². The molecule has 1 N–H and O–H groups in total. The third-order valence-corrected chi connectivity index (χ3v) is 9.40. The first kappa shape index (κ1) is 16.2. The molecule has 2 saturated heterocycles. The molecule has 130 valence electrons. The van der Waals surface area contributed by atoms with Gasteiger partial charge in [0.1, 0.15) is 6.10 Å². The van der Waals surface area contributed by atoms with E-state index in [4.69, 9.17) is 4.74 Å². The number of esters is 1. The maximum Gasteiger partial charge on any atom is 0.320 e. The lowest BCUT2D eigenvalue weighted by Gasteiger charge is -2.35. The number of carbonyl (C=O) groups is 1. The van der Waals surface area contributed by atoms with Crippen LogP contribution in [-0.2, 0) is 19.6 Å². The Balaban J connectivity index is 1.34. The molecule has 2 saturated carbocycles. The molecule has 4 aliphatic rings. The Labute approximate surface area is 141 Å². The molecule has 0 radical (unpaired) electrons. The zero-order valence-corrected chi connectivity index (χ0v) is 14.8. The molecule has 0 amide bonds. The summed E-state index contributed by atoms with van der Waals surface area (Å²) in [6, 6.07) is 0. The fourth-order valence-corrected chi connectivity index (χ4v) is 8.02. The standard InChI is InChI=1S/C15H24N2O4S2/c18-14(10-17-3-5-22-6-4-17)21-13-8-12-7-11(13)9-15(12)1-2-16-23(15,19)20/h11-13,16H,1-10H2. The summed E-state index contributed by atoms with van der Waals surface area (Å²) in [6.45, 7) is 2.83. The highest BCUT2D eigenvalue weighted by molar-refractivity contribution is 7.99. The van der Waals surface area contributed by atoms with Crippen molar-refractivity contribution in [2.45, 2.75) is 36.5 Å². The van der Waals surface area contributed by atoms with Gasteiger partial charge in [0.15, 0.2) is 0 Å². The Kier molecular flexibility index (Phi) is 4.14. The van der Waals surface area contributed by atoms with E-state index < -0.39 is 14.8 Å². The van der Waals surface area contributed by atoms with E-state index >= 15 is 0 Å². The van der Waals surface area contributed by atoms with E-state index in [1.165, 1.54) is 0 Å². The van der Waals surface area contributed by atoms with E-state index in [0.717, 1.165) is 31.0 Å². The van der Waals surface area contributed by atoms with Crippen LogP contribution in [0, 0.1) is 11.8 Å². The molecule has 2 aliphatic heterocycles. The maximum absolute atomic E-state index is 12.3. The predicted molar refractivity (Wildman–Crippen MR) is 88.7 cm³/mol. The van der Waals surface area contributed by atoms with Crippen molar-refractivity contribution in [3.05, 3.63) is 0 Å². The van der Waals surface area contributed by atoms with Gasteiger partial charge in [-0.1, -0.05) is 0 Å². The topological polar surface area (TPSA) is 75.7 Å². The van der Waals surface area contributed by atoms with Crippen LogP contribution in [0.25, 0.3) is 0 Å². The van der Waals surface area contributed by atoms with Crippen LogP contribution in [0.4, 0.5) is 0 Å². The van der Waals surface area contributed by atoms with E-state index in [0.29, 0.717) is 32.4 Å². The van der Waals surface area contributed by atoms with E-state index in [-0.39, 0.29) is 23.9 Å². The average molecular weight is 361 g/mol. The molecule has 2 aliphatic carbocycles.